The van der Waals surface area contributed by atoms with E-state index in [4.69, 9.17) is 29.6 Å². The molecule has 1 aliphatic heterocycles. The van der Waals surface area contributed by atoms with Gasteiger partial charge in [-0.15, -0.1) is 6.42 Å². The Hall–Kier alpha value is -3.41. The minimum absolute atomic E-state index is 0.00957. The number of anilines is 1. The van der Waals surface area contributed by atoms with Crippen LogP contribution in [0.25, 0.3) is 16.7 Å². The second-order valence-corrected chi connectivity index (χ2v) is 10.2. The average Bonchev–Trinajstić information content (AvgIpc) is 2.88. The topological polar surface area (TPSA) is 84.2 Å². The van der Waals surface area contributed by atoms with Crippen LogP contribution < -0.4 is 10.5 Å². The fourth-order valence-electron chi connectivity index (χ4n) is 4.67. The molecule has 1 amide bonds. The van der Waals surface area contributed by atoms with Crippen molar-refractivity contribution in [3.05, 3.63) is 62.5 Å². The standard InChI is InChI=1S/C27H28Cl2N6O2/c1-7-17-23(34-11-9-33(10-12-34)20(36)8-2)18-13-19(28)25(29)32-26(18)35(27(17)37)24-21(15(3)4)30-14-31-22(24)16(5)6/h1,8,13-16H,2,9-12H2,3-6H3. The lowest BCUT2D eigenvalue weighted by Crippen LogP contribution is -2.49. The Morgan fingerprint density at radius 3 is 2.19 bits per heavy atom. The molecule has 4 heterocycles. The predicted octanol–water partition coefficient (Wildman–Crippen LogP) is 4.55. The fourth-order valence-corrected chi connectivity index (χ4v) is 4.96. The van der Waals surface area contributed by atoms with Gasteiger partial charge in [-0.2, -0.15) is 0 Å². The van der Waals surface area contributed by atoms with Crippen LogP contribution >= 0.6 is 23.2 Å². The van der Waals surface area contributed by atoms with Crippen LogP contribution in [0.2, 0.25) is 10.2 Å². The minimum Gasteiger partial charge on any atom is -0.366 e. The summed E-state index contributed by atoms with van der Waals surface area (Å²) in [4.78, 5) is 43.6. The first-order chi connectivity index (χ1) is 17.6. The van der Waals surface area contributed by atoms with Gasteiger partial charge in [-0.3, -0.25) is 14.2 Å². The van der Waals surface area contributed by atoms with E-state index in [1.165, 1.54) is 17.0 Å². The van der Waals surface area contributed by atoms with E-state index in [0.717, 1.165) is 0 Å². The van der Waals surface area contributed by atoms with Crippen molar-refractivity contribution in [2.75, 3.05) is 31.1 Å². The zero-order valence-electron chi connectivity index (χ0n) is 21.3. The van der Waals surface area contributed by atoms with Crippen molar-refractivity contribution in [1.29, 1.82) is 0 Å². The van der Waals surface area contributed by atoms with E-state index in [-0.39, 0.29) is 33.5 Å². The van der Waals surface area contributed by atoms with Crippen molar-refractivity contribution in [3.63, 3.8) is 0 Å². The Balaban J connectivity index is 2.08. The first-order valence-corrected chi connectivity index (χ1v) is 12.8. The van der Waals surface area contributed by atoms with Crippen LogP contribution in [-0.2, 0) is 4.79 Å². The molecule has 0 atom stereocenters. The average molecular weight is 539 g/mol. The van der Waals surface area contributed by atoms with Crippen molar-refractivity contribution in [2.24, 2.45) is 0 Å². The smallest absolute Gasteiger partial charge is 0.274 e. The van der Waals surface area contributed by atoms with E-state index in [1.54, 1.807) is 11.0 Å². The van der Waals surface area contributed by atoms with Crippen molar-refractivity contribution in [3.8, 4) is 18.0 Å². The number of carbonyl (C=O) groups excluding carboxylic acids is 1. The van der Waals surface area contributed by atoms with Crippen LogP contribution in [0.15, 0.2) is 29.8 Å². The summed E-state index contributed by atoms with van der Waals surface area (Å²) in [6.07, 6.45) is 8.79. The molecule has 0 aromatic carbocycles. The van der Waals surface area contributed by atoms with Crippen LogP contribution in [0.1, 0.15) is 56.5 Å². The largest absolute Gasteiger partial charge is 0.366 e. The summed E-state index contributed by atoms with van der Waals surface area (Å²) in [5, 5.41) is 0.886. The molecule has 0 radical (unpaired) electrons. The number of hydrogen-bond donors (Lipinski definition) is 0. The quantitative estimate of drug-likeness (QED) is 0.269. The predicted molar refractivity (Wildman–Crippen MR) is 148 cm³/mol. The molecule has 0 saturated carbocycles. The monoisotopic (exact) mass is 538 g/mol. The molecule has 0 bridgehead atoms. The lowest BCUT2D eigenvalue weighted by Gasteiger charge is -2.36. The lowest BCUT2D eigenvalue weighted by atomic mass is 10.0. The summed E-state index contributed by atoms with van der Waals surface area (Å²) in [6, 6.07) is 1.69. The van der Waals surface area contributed by atoms with Crippen LogP contribution in [0.4, 0.5) is 5.69 Å². The van der Waals surface area contributed by atoms with Gasteiger partial charge in [-0.25, -0.2) is 15.0 Å². The number of pyridine rings is 2. The summed E-state index contributed by atoms with van der Waals surface area (Å²) in [6.45, 7) is 13.4. The number of hydrogen-bond acceptors (Lipinski definition) is 6. The van der Waals surface area contributed by atoms with Gasteiger partial charge in [-0.05, 0) is 24.0 Å². The Morgan fingerprint density at radius 1 is 1.08 bits per heavy atom. The van der Waals surface area contributed by atoms with Gasteiger partial charge in [0.15, 0.2) is 5.65 Å². The van der Waals surface area contributed by atoms with Crippen molar-refractivity contribution >= 4 is 45.8 Å². The Bertz CT molecular complexity index is 1470. The second-order valence-electron chi connectivity index (χ2n) is 9.46. The fraction of sp³-hybridized carbons (Fsp3) is 0.370. The highest BCUT2D eigenvalue weighted by molar-refractivity contribution is 6.41. The molecule has 0 spiro atoms. The third-order valence-corrected chi connectivity index (χ3v) is 7.13. The van der Waals surface area contributed by atoms with Gasteiger partial charge in [0, 0.05) is 31.6 Å². The number of terminal acetylenes is 1. The summed E-state index contributed by atoms with van der Waals surface area (Å²) in [7, 11) is 0. The molecule has 10 heteroatoms. The first-order valence-electron chi connectivity index (χ1n) is 12.0. The minimum atomic E-state index is -0.418. The maximum absolute atomic E-state index is 14.2. The molecule has 192 valence electrons. The van der Waals surface area contributed by atoms with E-state index in [9.17, 15) is 9.59 Å². The van der Waals surface area contributed by atoms with Crippen molar-refractivity contribution in [1.82, 2.24) is 24.4 Å². The highest BCUT2D eigenvalue weighted by atomic mass is 35.5. The molecule has 3 aromatic heterocycles. The van der Waals surface area contributed by atoms with Crippen LogP contribution in [0, 0.1) is 12.3 Å². The first kappa shape index (κ1) is 26.6. The highest BCUT2D eigenvalue weighted by Gasteiger charge is 2.29. The van der Waals surface area contributed by atoms with Gasteiger partial charge < -0.3 is 9.80 Å². The highest BCUT2D eigenvalue weighted by Crippen LogP contribution is 2.36. The summed E-state index contributed by atoms with van der Waals surface area (Å²) in [5.74, 6) is 2.47. The zero-order chi connectivity index (χ0) is 27.0. The van der Waals surface area contributed by atoms with Crippen molar-refractivity contribution in [2.45, 2.75) is 39.5 Å². The number of halogens is 2. The van der Waals surface area contributed by atoms with Gasteiger partial charge in [0.2, 0.25) is 5.91 Å². The zero-order valence-corrected chi connectivity index (χ0v) is 22.8. The summed E-state index contributed by atoms with van der Waals surface area (Å²) in [5.41, 5.74) is 2.56. The van der Waals surface area contributed by atoms with Crippen LogP contribution in [0.5, 0.6) is 0 Å². The van der Waals surface area contributed by atoms with Gasteiger partial charge in [0.1, 0.15) is 17.0 Å². The third kappa shape index (κ3) is 4.70. The summed E-state index contributed by atoms with van der Waals surface area (Å²) >= 11 is 12.8. The Morgan fingerprint density at radius 2 is 1.68 bits per heavy atom. The molecular weight excluding hydrogens is 511 g/mol. The van der Waals surface area contributed by atoms with Gasteiger partial charge in [0.05, 0.1) is 27.8 Å². The van der Waals surface area contributed by atoms with E-state index in [0.29, 0.717) is 60.0 Å². The van der Waals surface area contributed by atoms with Crippen molar-refractivity contribution < 1.29 is 4.79 Å². The number of aromatic nitrogens is 4. The number of amides is 1. The SMILES string of the molecule is C#Cc1c(N2CCN(C(=O)C=C)CC2)c2cc(Cl)c(Cl)nc2n(-c2c(C(C)C)ncnc2C(C)C)c1=O. The Labute approximate surface area is 225 Å². The molecular formula is C27H28Cl2N6O2. The van der Waals surface area contributed by atoms with E-state index < -0.39 is 5.56 Å². The van der Waals surface area contributed by atoms with Crippen LogP contribution in [0.3, 0.4) is 0 Å². The van der Waals surface area contributed by atoms with Gasteiger partial charge in [-0.1, -0.05) is 63.4 Å². The normalized spacial score (nSPS) is 13.9. The molecule has 37 heavy (non-hydrogen) atoms. The number of rotatable bonds is 5. The molecule has 0 aliphatic carbocycles. The molecule has 1 saturated heterocycles. The molecule has 1 fully saturated rings. The van der Waals surface area contributed by atoms with E-state index >= 15 is 0 Å². The maximum Gasteiger partial charge on any atom is 0.274 e. The molecule has 0 unspecified atom stereocenters. The molecule has 8 nitrogen and oxygen atoms in total. The lowest BCUT2D eigenvalue weighted by molar-refractivity contribution is -0.126. The van der Waals surface area contributed by atoms with E-state index in [2.05, 4.69) is 27.5 Å². The van der Waals surface area contributed by atoms with E-state index in [1.807, 2.05) is 32.6 Å². The summed E-state index contributed by atoms with van der Waals surface area (Å²) < 4.78 is 1.48. The van der Waals surface area contributed by atoms with Crippen LogP contribution in [-0.4, -0.2) is 56.5 Å². The number of nitrogens with zero attached hydrogens (tertiary/aromatic N) is 6. The molecule has 3 aromatic rings. The maximum atomic E-state index is 14.2. The van der Waals surface area contributed by atoms with Gasteiger partial charge >= 0.3 is 0 Å². The van der Waals surface area contributed by atoms with Gasteiger partial charge in [0.25, 0.3) is 5.56 Å². The number of piperazine rings is 1. The molecule has 4 rings (SSSR count). The molecule has 1 aliphatic rings. The molecule has 0 N–H and O–H groups in total. The third-order valence-electron chi connectivity index (χ3n) is 6.46. The number of carbonyl (C=O) groups is 1. The Kier molecular flexibility index (Phi) is 7.58. The second kappa shape index (κ2) is 10.5. The number of fused-ring (bicyclic) bond motifs is 1.